The standard InChI is InChI=1S/C16H24FNO3/c1-6-16(4,5)18-15(20)11(3)21-14-9-12(17)7-8-13(14)10(2)19/h7-11,19H,6H2,1-5H3,(H,18,20)/t10-,11?/m0/s1. The highest BCUT2D eigenvalue weighted by atomic mass is 19.1. The van der Waals surface area contributed by atoms with Crippen molar-refractivity contribution < 1.29 is 19.0 Å². The Kier molecular flexibility index (Phi) is 5.72. The molecule has 0 saturated carbocycles. The average Bonchev–Trinajstić information content (AvgIpc) is 2.37. The summed E-state index contributed by atoms with van der Waals surface area (Å²) in [6.45, 7) is 8.97. The first-order chi connectivity index (χ1) is 9.66. The number of hydrogen-bond acceptors (Lipinski definition) is 3. The van der Waals surface area contributed by atoms with Crippen molar-refractivity contribution >= 4 is 5.91 Å². The maximum atomic E-state index is 13.3. The van der Waals surface area contributed by atoms with Crippen LogP contribution in [0.1, 0.15) is 52.7 Å². The first-order valence-electron chi connectivity index (χ1n) is 7.12. The van der Waals surface area contributed by atoms with Gasteiger partial charge in [0.25, 0.3) is 5.91 Å². The van der Waals surface area contributed by atoms with Crippen LogP contribution in [0.2, 0.25) is 0 Å². The van der Waals surface area contributed by atoms with E-state index in [1.807, 2.05) is 20.8 Å². The van der Waals surface area contributed by atoms with Crippen molar-refractivity contribution in [2.75, 3.05) is 0 Å². The van der Waals surface area contributed by atoms with Gasteiger partial charge in [0.05, 0.1) is 6.10 Å². The number of nitrogens with one attached hydrogen (secondary N) is 1. The largest absolute Gasteiger partial charge is 0.480 e. The fourth-order valence-corrected chi connectivity index (χ4v) is 1.72. The third-order valence-electron chi connectivity index (χ3n) is 3.44. The molecule has 21 heavy (non-hydrogen) atoms. The number of rotatable bonds is 6. The number of halogens is 1. The van der Waals surface area contributed by atoms with Gasteiger partial charge in [0.2, 0.25) is 0 Å². The minimum atomic E-state index is -0.803. The lowest BCUT2D eigenvalue weighted by molar-refractivity contribution is -0.129. The molecule has 118 valence electrons. The topological polar surface area (TPSA) is 58.6 Å². The van der Waals surface area contributed by atoms with Crippen molar-refractivity contribution in [3.8, 4) is 5.75 Å². The Morgan fingerprint density at radius 1 is 1.43 bits per heavy atom. The van der Waals surface area contributed by atoms with E-state index in [4.69, 9.17) is 4.74 Å². The maximum Gasteiger partial charge on any atom is 0.261 e. The second kappa shape index (κ2) is 6.89. The molecule has 0 fully saturated rings. The lowest BCUT2D eigenvalue weighted by atomic mass is 10.0. The van der Waals surface area contributed by atoms with Gasteiger partial charge in [0, 0.05) is 17.2 Å². The van der Waals surface area contributed by atoms with Gasteiger partial charge in [0.1, 0.15) is 11.6 Å². The van der Waals surface area contributed by atoms with E-state index < -0.39 is 18.0 Å². The summed E-state index contributed by atoms with van der Waals surface area (Å²) in [5.41, 5.74) is 0.120. The van der Waals surface area contributed by atoms with Crippen molar-refractivity contribution in [3.63, 3.8) is 0 Å². The number of carbonyl (C=O) groups is 1. The Labute approximate surface area is 125 Å². The van der Waals surface area contributed by atoms with Crippen LogP contribution < -0.4 is 10.1 Å². The second-order valence-electron chi connectivity index (χ2n) is 5.84. The Morgan fingerprint density at radius 3 is 2.57 bits per heavy atom. The van der Waals surface area contributed by atoms with Gasteiger partial charge in [-0.05, 0) is 46.2 Å². The number of aliphatic hydroxyl groups is 1. The zero-order valence-electron chi connectivity index (χ0n) is 13.2. The van der Waals surface area contributed by atoms with Crippen LogP contribution in [0.4, 0.5) is 4.39 Å². The van der Waals surface area contributed by atoms with Crippen LogP contribution in [0.25, 0.3) is 0 Å². The zero-order valence-corrected chi connectivity index (χ0v) is 13.2. The van der Waals surface area contributed by atoms with E-state index in [2.05, 4.69) is 5.32 Å². The van der Waals surface area contributed by atoms with Crippen molar-refractivity contribution in [3.05, 3.63) is 29.6 Å². The number of carbonyl (C=O) groups excluding carboxylic acids is 1. The molecule has 0 bridgehead atoms. The number of aliphatic hydroxyl groups excluding tert-OH is 1. The molecule has 0 aliphatic rings. The molecule has 1 amide bonds. The van der Waals surface area contributed by atoms with E-state index in [0.717, 1.165) is 6.42 Å². The van der Waals surface area contributed by atoms with E-state index in [-0.39, 0.29) is 17.2 Å². The molecule has 5 heteroatoms. The lowest BCUT2D eigenvalue weighted by Crippen LogP contribution is -2.48. The van der Waals surface area contributed by atoms with Crippen molar-refractivity contribution in [1.29, 1.82) is 0 Å². The molecule has 0 spiro atoms. The summed E-state index contributed by atoms with van der Waals surface area (Å²) in [5.74, 6) is -0.569. The van der Waals surface area contributed by atoms with E-state index >= 15 is 0 Å². The minimum Gasteiger partial charge on any atom is -0.480 e. The van der Waals surface area contributed by atoms with Gasteiger partial charge >= 0.3 is 0 Å². The van der Waals surface area contributed by atoms with Gasteiger partial charge < -0.3 is 15.2 Å². The SMILES string of the molecule is CCC(C)(C)NC(=O)C(C)Oc1cc(F)ccc1[C@H](C)O. The Hall–Kier alpha value is -1.62. The molecule has 1 aromatic carbocycles. The van der Waals surface area contributed by atoms with Crippen LogP contribution in [-0.2, 0) is 4.79 Å². The molecule has 0 aliphatic carbocycles. The van der Waals surface area contributed by atoms with E-state index in [0.29, 0.717) is 5.56 Å². The molecule has 2 N–H and O–H groups in total. The van der Waals surface area contributed by atoms with Gasteiger partial charge in [-0.15, -0.1) is 0 Å². The number of ether oxygens (including phenoxy) is 1. The van der Waals surface area contributed by atoms with Crippen molar-refractivity contribution in [2.45, 2.75) is 58.8 Å². The maximum absolute atomic E-state index is 13.3. The zero-order chi connectivity index (χ0) is 16.2. The highest BCUT2D eigenvalue weighted by Crippen LogP contribution is 2.27. The van der Waals surface area contributed by atoms with E-state index in [9.17, 15) is 14.3 Å². The highest BCUT2D eigenvalue weighted by Gasteiger charge is 2.24. The summed E-state index contributed by atoms with van der Waals surface area (Å²) >= 11 is 0. The van der Waals surface area contributed by atoms with E-state index in [1.165, 1.54) is 18.2 Å². The van der Waals surface area contributed by atoms with Crippen LogP contribution in [0.5, 0.6) is 5.75 Å². The van der Waals surface area contributed by atoms with Crippen LogP contribution in [-0.4, -0.2) is 22.7 Å². The molecule has 1 rings (SSSR count). The van der Waals surface area contributed by atoms with E-state index in [1.54, 1.807) is 13.8 Å². The monoisotopic (exact) mass is 297 g/mol. The third-order valence-corrected chi connectivity index (χ3v) is 3.44. The Balaban J connectivity index is 2.85. The molecule has 0 aromatic heterocycles. The molecule has 0 aliphatic heterocycles. The summed E-state index contributed by atoms with van der Waals surface area (Å²) in [7, 11) is 0. The van der Waals surface area contributed by atoms with Crippen LogP contribution in [0, 0.1) is 5.82 Å². The molecule has 4 nitrogen and oxygen atoms in total. The van der Waals surface area contributed by atoms with Gasteiger partial charge in [-0.25, -0.2) is 4.39 Å². The summed E-state index contributed by atoms with van der Waals surface area (Å²) in [6.07, 6.45) is -0.803. The molecular weight excluding hydrogens is 273 g/mol. The first kappa shape index (κ1) is 17.4. The quantitative estimate of drug-likeness (QED) is 0.848. The summed E-state index contributed by atoms with van der Waals surface area (Å²) in [5, 5.41) is 12.5. The van der Waals surface area contributed by atoms with Gasteiger partial charge in [0.15, 0.2) is 6.10 Å². The predicted molar refractivity (Wildman–Crippen MR) is 79.6 cm³/mol. The molecular formula is C16H24FNO3. The number of amides is 1. The summed E-state index contributed by atoms with van der Waals surface area (Å²) in [6, 6.07) is 3.88. The fraction of sp³-hybridized carbons (Fsp3) is 0.562. The van der Waals surface area contributed by atoms with Crippen LogP contribution >= 0.6 is 0 Å². The summed E-state index contributed by atoms with van der Waals surface area (Å²) < 4.78 is 18.9. The molecule has 2 atom stereocenters. The van der Waals surface area contributed by atoms with Gasteiger partial charge in [-0.2, -0.15) is 0 Å². The van der Waals surface area contributed by atoms with Crippen molar-refractivity contribution in [2.24, 2.45) is 0 Å². The smallest absolute Gasteiger partial charge is 0.261 e. The molecule has 0 heterocycles. The third kappa shape index (κ3) is 5.01. The number of hydrogen-bond donors (Lipinski definition) is 2. The Bertz CT molecular complexity index is 500. The van der Waals surface area contributed by atoms with Gasteiger partial charge in [-0.1, -0.05) is 6.92 Å². The molecule has 0 radical (unpaired) electrons. The molecule has 1 unspecified atom stereocenters. The average molecular weight is 297 g/mol. The highest BCUT2D eigenvalue weighted by molar-refractivity contribution is 5.81. The van der Waals surface area contributed by atoms with Crippen LogP contribution in [0.3, 0.4) is 0 Å². The normalized spacial score (nSPS) is 14.4. The Morgan fingerprint density at radius 2 is 2.05 bits per heavy atom. The van der Waals surface area contributed by atoms with Crippen LogP contribution in [0.15, 0.2) is 18.2 Å². The molecule has 0 saturated heterocycles. The second-order valence-corrected chi connectivity index (χ2v) is 5.84. The first-order valence-corrected chi connectivity index (χ1v) is 7.12. The fourth-order valence-electron chi connectivity index (χ4n) is 1.72. The molecule has 1 aromatic rings. The minimum absolute atomic E-state index is 0.182. The van der Waals surface area contributed by atoms with Gasteiger partial charge in [-0.3, -0.25) is 4.79 Å². The summed E-state index contributed by atoms with van der Waals surface area (Å²) in [4.78, 5) is 12.1. The lowest BCUT2D eigenvalue weighted by Gasteiger charge is -2.27. The predicted octanol–water partition coefficient (Wildman–Crippen LogP) is 2.95. The van der Waals surface area contributed by atoms with Crippen molar-refractivity contribution in [1.82, 2.24) is 5.32 Å². The number of benzene rings is 1.